The van der Waals surface area contributed by atoms with E-state index in [1.807, 2.05) is 24.3 Å². The summed E-state index contributed by atoms with van der Waals surface area (Å²) in [6.45, 7) is 5.37. The summed E-state index contributed by atoms with van der Waals surface area (Å²) < 4.78 is 1.68. The second kappa shape index (κ2) is 9.19. The number of likely N-dealkylation sites (N-methyl/N-ethyl adjacent to an activating group) is 1. The number of benzene rings is 1. The second-order valence-electron chi connectivity index (χ2n) is 9.66. The molecule has 2 bridgehead atoms. The molecule has 2 atom stereocenters. The van der Waals surface area contributed by atoms with Crippen molar-refractivity contribution in [3.8, 4) is 11.8 Å². The Morgan fingerprint density at radius 1 is 1.11 bits per heavy atom. The molecule has 5 heterocycles. The van der Waals surface area contributed by atoms with E-state index in [0.717, 1.165) is 31.0 Å². The van der Waals surface area contributed by atoms with Crippen molar-refractivity contribution < 1.29 is 4.79 Å². The zero-order valence-corrected chi connectivity index (χ0v) is 20.3. The van der Waals surface area contributed by atoms with Crippen molar-refractivity contribution in [2.45, 2.75) is 32.0 Å². The molecule has 0 aliphatic carbocycles. The molecule has 2 fully saturated rings. The molecule has 2 saturated heterocycles. The van der Waals surface area contributed by atoms with Gasteiger partial charge in [-0.1, -0.05) is 12.0 Å². The SMILES string of the molecule is Cc1cc(NC(=O)c2cncc(C#Cc3cnc4cccnn34)c2)ccc1CN1CC2CC1CN2C. The Hall–Kier alpha value is -4.06. The summed E-state index contributed by atoms with van der Waals surface area (Å²) >= 11 is 0. The maximum Gasteiger partial charge on any atom is 0.257 e. The Kier molecular flexibility index (Phi) is 5.72. The molecule has 0 radical (unpaired) electrons. The summed E-state index contributed by atoms with van der Waals surface area (Å²) in [7, 11) is 2.22. The Morgan fingerprint density at radius 3 is 2.83 bits per heavy atom. The lowest BCUT2D eigenvalue weighted by Gasteiger charge is -2.32. The number of nitrogens with zero attached hydrogens (tertiary/aromatic N) is 6. The molecule has 1 aromatic carbocycles. The van der Waals surface area contributed by atoms with Crippen molar-refractivity contribution in [1.29, 1.82) is 0 Å². The van der Waals surface area contributed by atoms with Crippen LogP contribution in [0.15, 0.2) is 61.2 Å². The van der Waals surface area contributed by atoms with Gasteiger partial charge in [0.05, 0.1) is 11.8 Å². The van der Waals surface area contributed by atoms with Gasteiger partial charge >= 0.3 is 0 Å². The Bertz CT molecular complexity index is 1510. The van der Waals surface area contributed by atoms with Gasteiger partial charge in [0.2, 0.25) is 0 Å². The van der Waals surface area contributed by atoms with Crippen LogP contribution in [0, 0.1) is 18.8 Å². The highest BCUT2D eigenvalue weighted by molar-refractivity contribution is 6.04. The Labute approximate surface area is 210 Å². The van der Waals surface area contributed by atoms with E-state index in [9.17, 15) is 4.79 Å². The average molecular weight is 478 g/mol. The number of fused-ring (bicyclic) bond motifs is 3. The first-order chi connectivity index (χ1) is 17.5. The van der Waals surface area contributed by atoms with E-state index in [4.69, 9.17) is 0 Å². The zero-order chi connectivity index (χ0) is 24.6. The van der Waals surface area contributed by atoms with E-state index < -0.39 is 0 Å². The molecule has 1 N–H and O–H groups in total. The molecular formula is C28H27N7O. The molecule has 1 amide bonds. The number of carbonyl (C=O) groups is 1. The standard InChI is InChI=1S/C28H27N7O/c1-19-10-23(7-6-21(19)16-34-18-25-12-26(34)17-33(25)2)32-28(36)22-11-20(13-29-14-22)5-8-24-15-30-27-4-3-9-31-35(24)27/h3-4,6-7,9-11,13-15,25-26H,12,16-18H2,1-2H3,(H,32,36). The van der Waals surface area contributed by atoms with Crippen LogP contribution in [0.3, 0.4) is 0 Å². The summed E-state index contributed by atoms with van der Waals surface area (Å²) in [4.78, 5) is 26.5. The van der Waals surface area contributed by atoms with Crippen molar-refractivity contribution in [1.82, 2.24) is 29.4 Å². The van der Waals surface area contributed by atoms with E-state index in [-0.39, 0.29) is 5.91 Å². The van der Waals surface area contributed by atoms with Crippen molar-refractivity contribution in [3.05, 3.63) is 89.1 Å². The fourth-order valence-corrected chi connectivity index (χ4v) is 5.20. The fourth-order valence-electron chi connectivity index (χ4n) is 5.20. The minimum atomic E-state index is -0.213. The van der Waals surface area contributed by atoms with Crippen LogP contribution in [0.25, 0.3) is 5.65 Å². The molecule has 2 aliphatic rings. The van der Waals surface area contributed by atoms with E-state index >= 15 is 0 Å². The maximum atomic E-state index is 12.9. The van der Waals surface area contributed by atoms with Crippen molar-refractivity contribution >= 4 is 17.2 Å². The molecule has 3 aromatic heterocycles. The quantitative estimate of drug-likeness (QED) is 0.456. The number of amides is 1. The highest BCUT2D eigenvalue weighted by Gasteiger charge is 2.41. The van der Waals surface area contributed by atoms with Crippen LogP contribution < -0.4 is 5.32 Å². The molecule has 36 heavy (non-hydrogen) atoms. The van der Waals surface area contributed by atoms with Crippen molar-refractivity contribution in [2.24, 2.45) is 0 Å². The van der Waals surface area contributed by atoms with Gasteiger partial charge in [0.1, 0.15) is 5.69 Å². The number of piperazine rings is 1. The summed E-state index contributed by atoms with van der Waals surface area (Å²) in [5.41, 5.74) is 5.77. The Morgan fingerprint density at radius 2 is 2.03 bits per heavy atom. The largest absolute Gasteiger partial charge is 0.322 e. The molecule has 2 aliphatic heterocycles. The first-order valence-corrected chi connectivity index (χ1v) is 12.1. The van der Waals surface area contributed by atoms with Crippen molar-refractivity contribution in [2.75, 3.05) is 25.5 Å². The normalized spacial score (nSPS) is 19.4. The van der Waals surface area contributed by atoms with Crippen LogP contribution in [0.5, 0.6) is 0 Å². The van der Waals surface area contributed by atoms with Gasteiger partial charge < -0.3 is 10.2 Å². The molecule has 8 nitrogen and oxygen atoms in total. The lowest BCUT2D eigenvalue weighted by molar-refractivity contribution is 0.102. The first-order valence-electron chi connectivity index (χ1n) is 12.1. The lowest BCUT2D eigenvalue weighted by atomic mass is 10.1. The van der Waals surface area contributed by atoms with E-state index in [1.54, 1.807) is 35.4 Å². The molecule has 8 heteroatoms. The zero-order valence-electron chi connectivity index (χ0n) is 20.3. The predicted molar refractivity (Wildman–Crippen MR) is 138 cm³/mol. The number of aromatic nitrogens is 4. The molecule has 6 rings (SSSR count). The van der Waals surface area contributed by atoms with E-state index in [0.29, 0.717) is 28.9 Å². The number of likely N-dealkylation sites (tertiary alicyclic amines) is 2. The maximum absolute atomic E-state index is 12.9. The topological polar surface area (TPSA) is 78.7 Å². The minimum Gasteiger partial charge on any atom is -0.322 e. The van der Waals surface area contributed by atoms with Crippen LogP contribution in [-0.4, -0.2) is 67.5 Å². The van der Waals surface area contributed by atoms with Crippen molar-refractivity contribution in [3.63, 3.8) is 0 Å². The van der Waals surface area contributed by atoms with Gasteiger partial charge in [-0.2, -0.15) is 5.10 Å². The molecule has 0 spiro atoms. The number of imidazole rings is 1. The number of hydrogen-bond donors (Lipinski definition) is 1. The molecule has 0 saturated carbocycles. The number of pyridine rings is 1. The van der Waals surface area contributed by atoms with Gasteiger partial charge in [0.15, 0.2) is 5.65 Å². The minimum absolute atomic E-state index is 0.213. The predicted octanol–water partition coefficient (Wildman–Crippen LogP) is 2.97. The monoisotopic (exact) mass is 477 g/mol. The highest BCUT2D eigenvalue weighted by Crippen LogP contribution is 2.31. The second-order valence-corrected chi connectivity index (χ2v) is 9.66. The Balaban J connectivity index is 1.13. The lowest BCUT2D eigenvalue weighted by Crippen LogP contribution is -2.44. The third-order valence-electron chi connectivity index (χ3n) is 7.21. The molecular weight excluding hydrogens is 450 g/mol. The number of anilines is 1. The molecule has 4 aromatic rings. The number of aryl methyl sites for hydroxylation is 1. The first kappa shape index (κ1) is 22.4. The number of nitrogens with one attached hydrogen (secondary N) is 1. The summed E-state index contributed by atoms with van der Waals surface area (Å²) in [5, 5.41) is 7.27. The van der Waals surface area contributed by atoms with Gasteiger partial charge in [-0.05, 0) is 67.8 Å². The number of rotatable bonds is 4. The summed E-state index contributed by atoms with van der Waals surface area (Å²) in [6.07, 6.45) is 7.84. The fraction of sp³-hybridized carbons (Fsp3) is 0.286. The van der Waals surface area contributed by atoms with Crippen LogP contribution >= 0.6 is 0 Å². The van der Waals surface area contributed by atoms with Gasteiger partial charge in [0.25, 0.3) is 5.91 Å². The van der Waals surface area contributed by atoms with Crippen LogP contribution in [0.4, 0.5) is 5.69 Å². The summed E-state index contributed by atoms with van der Waals surface area (Å²) in [6, 6.07) is 12.9. The molecule has 180 valence electrons. The summed E-state index contributed by atoms with van der Waals surface area (Å²) in [5.74, 6) is 5.91. The van der Waals surface area contributed by atoms with E-state index in [2.05, 4.69) is 62.1 Å². The third-order valence-corrected chi connectivity index (χ3v) is 7.21. The van der Waals surface area contributed by atoms with Crippen LogP contribution in [0.2, 0.25) is 0 Å². The number of carbonyl (C=O) groups excluding carboxylic acids is 1. The van der Waals surface area contributed by atoms with Crippen LogP contribution in [-0.2, 0) is 6.54 Å². The van der Waals surface area contributed by atoms with Gasteiger partial charge in [-0.3, -0.25) is 14.7 Å². The highest BCUT2D eigenvalue weighted by atomic mass is 16.1. The number of hydrogen-bond acceptors (Lipinski definition) is 6. The average Bonchev–Trinajstić information content (AvgIpc) is 3.58. The van der Waals surface area contributed by atoms with Gasteiger partial charge in [0, 0.05) is 61.6 Å². The third kappa shape index (κ3) is 4.35. The van der Waals surface area contributed by atoms with Gasteiger partial charge in [-0.15, -0.1) is 0 Å². The molecule has 2 unspecified atom stereocenters. The van der Waals surface area contributed by atoms with E-state index in [1.165, 1.54) is 17.5 Å². The van der Waals surface area contributed by atoms with Gasteiger partial charge in [-0.25, -0.2) is 9.50 Å². The smallest absolute Gasteiger partial charge is 0.257 e. The van der Waals surface area contributed by atoms with Crippen LogP contribution in [0.1, 0.15) is 39.2 Å².